The van der Waals surface area contributed by atoms with E-state index < -0.39 is 0 Å². The molecule has 0 fully saturated rings. The second-order valence-electron chi connectivity index (χ2n) is 3.91. The van der Waals surface area contributed by atoms with E-state index in [0.717, 1.165) is 10.0 Å². The van der Waals surface area contributed by atoms with Crippen LogP contribution in [0.4, 0.5) is 16.3 Å². The van der Waals surface area contributed by atoms with Gasteiger partial charge in [-0.2, -0.15) is 0 Å². The minimum absolute atomic E-state index is 0.347. The van der Waals surface area contributed by atoms with Crippen LogP contribution in [0.2, 0.25) is 5.02 Å². The van der Waals surface area contributed by atoms with Crippen LogP contribution in [0.25, 0.3) is 0 Å². The van der Waals surface area contributed by atoms with Gasteiger partial charge in [0.1, 0.15) is 5.82 Å². The molecule has 4 nitrogen and oxygen atoms in total. The van der Waals surface area contributed by atoms with Crippen LogP contribution < -0.4 is 10.6 Å². The van der Waals surface area contributed by atoms with E-state index in [4.69, 9.17) is 11.6 Å². The van der Waals surface area contributed by atoms with Gasteiger partial charge in [0.2, 0.25) is 0 Å². The van der Waals surface area contributed by atoms with Crippen LogP contribution >= 0.6 is 27.5 Å². The number of urea groups is 1. The highest BCUT2D eigenvalue weighted by Gasteiger charge is 2.06. The summed E-state index contributed by atoms with van der Waals surface area (Å²) in [6.07, 6.45) is 1.63. The van der Waals surface area contributed by atoms with Crippen molar-refractivity contribution in [2.75, 3.05) is 10.6 Å². The second kappa shape index (κ2) is 6.04. The summed E-state index contributed by atoms with van der Waals surface area (Å²) in [5.41, 5.74) is 1.54. The van der Waals surface area contributed by atoms with Gasteiger partial charge in [-0.05, 0) is 58.7 Å². The summed E-state index contributed by atoms with van der Waals surface area (Å²) < 4.78 is 0.869. The molecule has 0 aliphatic heterocycles. The topological polar surface area (TPSA) is 54.0 Å². The average molecular weight is 341 g/mol. The number of aromatic nitrogens is 1. The predicted molar refractivity (Wildman–Crippen MR) is 80.8 cm³/mol. The predicted octanol–water partition coefficient (Wildman–Crippen LogP) is 4.45. The largest absolute Gasteiger partial charge is 0.324 e. The number of hydrogen-bond donors (Lipinski definition) is 2. The molecular weight excluding hydrogens is 330 g/mol. The lowest BCUT2D eigenvalue weighted by molar-refractivity contribution is 0.262. The number of carbonyl (C=O) groups is 1. The smallest absolute Gasteiger partial charge is 0.308 e. The number of benzene rings is 1. The zero-order valence-corrected chi connectivity index (χ0v) is 12.4. The molecule has 1 aromatic heterocycles. The first-order valence-electron chi connectivity index (χ1n) is 5.50. The first-order chi connectivity index (χ1) is 9.04. The van der Waals surface area contributed by atoms with Gasteiger partial charge in [-0.15, -0.1) is 0 Å². The normalized spacial score (nSPS) is 10.1. The molecule has 2 rings (SSSR count). The summed E-state index contributed by atoms with van der Waals surface area (Å²) in [6, 6.07) is 8.40. The van der Waals surface area contributed by atoms with E-state index in [1.54, 1.807) is 30.5 Å². The number of rotatable bonds is 2. The van der Waals surface area contributed by atoms with Crippen LogP contribution in [0, 0.1) is 6.92 Å². The van der Waals surface area contributed by atoms with Crippen molar-refractivity contribution in [2.24, 2.45) is 0 Å². The Morgan fingerprint density at radius 1 is 1.26 bits per heavy atom. The van der Waals surface area contributed by atoms with Crippen molar-refractivity contribution in [1.29, 1.82) is 0 Å². The van der Waals surface area contributed by atoms with Crippen molar-refractivity contribution in [3.8, 4) is 0 Å². The zero-order chi connectivity index (χ0) is 13.8. The third kappa shape index (κ3) is 3.94. The van der Waals surface area contributed by atoms with Gasteiger partial charge in [-0.3, -0.25) is 5.32 Å². The van der Waals surface area contributed by atoms with Crippen molar-refractivity contribution < 1.29 is 4.79 Å². The number of pyridine rings is 1. The van der Waals surface area contributed by atoms with Crippen molar-refractivity contribution in [3.63, 3.8) is 0 Å². The van der Waals surface area contributed by atoms with Crippen molar-refractivity contribution in [3.05, 3.63) is 51.6 Å². The maximum Gasteiger partial charge on any atom is 0.324 e. The monoisotopic (exact) mass is 339 g/mol. The van der Waals surface area contributed by atoms with E-state index in [1.165, 1.54) is 0 Å². The molecule has 0 atom stereocenters. The van der Waals surface area contributed by atoms with E-state index in [1.807, 2.05) is 13.0 Å². The molecule has 2 aromatic rings. The molecule has 6 heteroatoms. The van der Waals surface area contributed by atoms with Gasteiger partial charge in [0, 0.05) is 21.4 Å². The Bertz CT molecular complexity index is 601. The van der Waals surface area contributed by atoms with Crippen LogP contribution in [0.1, 0.15) is 5.56 Å². The van der Waals surface area contributed by atoms with Gasteiger partial charge in [0.05, 0.1) is 0 Å². The fourth-order valence-electron chi connectivity index (χ4n) is 1.47. The number of amides is 2. The number of aryl methyl sites for hydroxylation is 1. The Hall–Kier alpha value is -1.59. The zero-order valence-electron chi connectivity index (χ0n) is 10.1. The van der Waals surface area contributed by atoms with Gasteiger partial charge < -0.3 is 5.32 Å². The van der Waals surface area contributed by atoms with Crippen LogP contribution in [-0.4, -0.2) is 11.0 Å². The lowest BCUT2D eigenvalue weighted by atomic mass is 10.3. The minimum Gasteiger partial charge on any atom is -0.308 e. The summed E-state index contributed by atoms with van der Waals surface area (Å²) in [5, 5.41) is 6.01. The Balaban J connectivity index is 2.03. The number of anilines is 2. The molecular formula is C13H11BrClN3O. The molecule has 0 aliphatic carbocycles. The van der Waals surface area contributed by atoms with E-state index in [0.29, 0.717) is 16.5 Å². The van der Waals surface area contributed by atoms with E-state index in [9.17, 15) is 4.79 Å². The number of nitrogens with zero attached hydrogens (tertiary/aromatic N) is 1. The highest BCUT2D eigenvalue weighted by Crippen LogP contribution is 2.17. The molecule has 19 heavy (non-hydrogen) atoms. The molecule has 0 aliphatic rings. The van der Waals surface area contributed by atoms with Gasteiger partial charge in [0.15, 0.2) is 0 Å². The van der Waals surface area contributed by atoms with Crippen molar-refractivity contribution in [1.82, 2.24) is 4.98 Å². The summed E-state index contributed by atoms with van der Waals surface area (Å²) in [7, 11) is 0. The molecule has 2 amide bonds. The van der Waals surface area contributed by atoms with Crippen LogP contribution in [0.3, 0.4) is 0 Å². The molecule has 1 aromatic carbocycles. The lowest BCUT2D eigenvalue weighted by Crippen LogP contribution is -2.20. The fourth-order valence-corrected chi connectivity index (χ4v) is 2.05. The highest BCUT2D eigenvalue weighted by molar-refractivity contribution is 9.10. The number of hydrogen-bond acceptors (Lipinski definition) is 2. The summed E-state index contributed by atoms with van der Waals surface area (Å²) in [4.78, 5) is 15.9. The molecule has 0 saturated carbocycles. The Kier molecular flexibility index (Phi) is 4.39. The molecule has 1 heterocycles. The maximum atomic E-state index is 11.8. The number of carbonyl (C=O) groups excluding carboxylic acids is 1. The van der Waals surface area contributed by atoms with E-state index in [2.05, 4.69) is 31.5 Å². The van der Waals surface area contributed by atoms with Gasteiger partial charge in [0.25, 0.3) is 0 Å². The summed E-state index contributed by atoms with van der Waals surface area (Å²) in [6.45, 7) is 1.87. The standard InChI is InChI=1S/C13H11BrClN3O/c1-8-6-9(14)7-16-12(8)18-13(19)17-11-4-2-10(15)3-5-11/h2-7H,1H3,(H2,16,17,18,19). The number of nitrogens with one attached hydrogen (secondary N) is 2. The Morgan fingerprint density at radius 3 is 2.58 bits per heavy atom. The SMILES string of the molecule is Cc1cc(Br)cnc1NC(=O)Nc1ccc(Cl)cc1. The Labute approximate surface area is 124 Å². The third-order valence-electron chi connectivity index (χ3n) is 2.38. The molecule has 0 radical (unpaired) electrons. The van der Waals surface area contributed by atoms with Crippen LogP contribution in [0.15, 0.2) is 41.0 Å². The first-order valence-corrected chi connectivity index (χ1v) is 6.67. The molecule has 98 valence electrons. The van der Waals surface area contributed by atoms with Crippen LogP contribution in [0.5, 0.6) is 0 Å². The minimum atomic E-state index is -0.347. The van der Waals surface area contributed by atoms with Gasteiger partial charge >= 0.3 is 6.03 Å². The summed E-state index contributed by atoms with van der Waals surface area (Å²) >= 11 is 9.09. The average Bonchev–Trinajstić information content (AvgIpc) is 2.36. The molecule has 0 spiro atoms. The quantitative estimate of drug-likeness (QED) is 0.848. The summed E-state index contributed by atoms with van der Waals surface area (Å²) in [5.74, 6) is 0.523. The van der Waals surface area contributed by atoms with Crippen LogP contribution in [-0.2, 0) is 0 Å². The van der Waals surface area contributed by atoms with Gasteiger partial charge in [-0.1, -0.05) is 11.6 Å². The Morgan fingerprint density at radius 2 is 1.95 bits per heavy atom. The van der Waals surface area contributed by atoms with E-state index in [-0.39, 0.29) is 6.03 Å². The highest BCUT2D eigenvalue weighted by atomic mass is 79.9. The van der Waals surface area contributed by atoms with Crippen molar-refractivity contribution in [2.45, 2.75) is 6.92 Å². The van der Waals surface area contributed by atoms with Gasteiger partial charge in [-0.25, -0.2) is 9.78 Å². The second-order valence-corrected chi connectivity index (χ2v) is 5.26. The molecule has 0 bridgehead atoms. The molecule has 0 unspecified atom stereocenters. The first kappa shape index (κ1) is 13.8. The number of halogens is 2. The fraction of sp³-hybridized carbons (Fsp3) is 0.0769. The third-order valence-corrected chi connectivity index (χ3v) is 3.06. The lowest BCUT2D eigenvalue weighted by Gasteiger charge is -2.09. The molecule has 2 N–H and O–H groups in total. The maximum absolute atomic E-state index is 11.8. The van der Waals surface area contributed by atoms with Crippen molar-refractivity contribution >= 4 is 45.1 Å². The molecule has 0 saturated heterocycles. The van der Waals surface area contributed by atoms with E-state index >= 15 is 0 Å².